The molecule has 0 aromatic heterocycles. The van der Waals surface area contributed by atoms with Crippen LogP contribution in [0.25, 0.3) is 0 Å². The van der Waals surface area contributed by atoms with Crippen LogP contribution in [-0.2, 0) is 16.6 Å². The van der Waals surface area contributed by atoms with E-state index >= 15 is 0 Å². The summed E-state index contributed by atoms with van der Waals surface area (Å²) in [5.41, 5.74) is 5.17. The van der Waals surface area contributed by atoms with Crippen LogP contribution in [0.3, 0.4) is 0 Å². The lowest BCUT2D eigenvalue weighted by Gasteiger charge is -2.25. The Balaban J connectivity index is 1.70. The Bertz CT molecular complexity index is 1170. The summed E-state index contributed by atoms with van der Waals surface area (Å²) in [4.78, 5) is 12.6. The van der Waals surface area contributed by atoms with Crippen molar-refractivity contribution in [2.45, 2.75) is 33.2 Å². The van der Waals surface area contributed by atoms with Crippen molar-refractivity contribution in [1.82, 2.24) is 5.32 Å². The number of sulfonamides is 1. The second-order valence-corrected chi connectivity index (χ2v) is 10.1. The van der Waals surface area contributed by atoms with Gasteiger partial charge in [-0.1, -0.05) is 61.5 Å². The average molecular weight is 451 g/mol. The number of nitrogens with one attached hydrogen (secondary N) is 1. The molecule has 32 heavy (non-hydrogen) atoms. The van der Waals surface area contributed by atoms with Gasteiger partial charge in [-0.05, 0) is 60.2 Å². The molecule has 6 heteroatoms. The zero-order chi connectivity index (χ0) is 23.3. The van der Waals surface area contributed by atoms with Crippen molar-refractivity contribution in [2.75, 3.05) is 17.1 Å². The van der Waals surface area contributed by atoms with Crippen LogP contribution in [0.4, 0.5) is 5.69 Å². The lowest BCUT2D eigenvalue weighted by molar-refractivity contribution is 0.0951. The molecule has 0 saturated carbocycles. The molecule has 3 aromatic carbocycles. The Morgan fingerprint density at radius 3 is 2.22 bits per heavy atom. The molecule has 1 N–H and O–H groups in total. The predicted octanol–water partition coefficient (Wildman–Crippen LogP) is 4.80. The fourth-order valence-corrected chi connectivity index (χ4v) is 4.50. The molecule has 0 saturated heterocycles. The van der Waals surface area contributed by atoms with Crippen LogP contribution in [0.15, 0.2) is 72.8 Å². The number of anilines is 1. The number of benzene rings is 3. The summed E-state index contributed by atoms with van der Waals surface area (Å²) >= 11 is 0. The number of nitrogens with zero attached hydrogens (tertiary/aromatic N) is 1. The van der Waals surface area contributed by atoms with E-state index in [1.807, 2.05) is 50.2 Å². The maximum Gasteiger partial charge on any atom is 0.251 e. The predicted molar refractivity (Wildman–Crippen MR) is 131 cm³/mol. The van der Waals surface area contributed by atoms with E-state index in [4.69, 9.17) is 0 Å². The smallest absolute Gasteiger partial charge is 0.251 e. The minimum Gasteiger partial charge on any atom is -0.351 e. The third-order valence-electron chi connectivity index (χ3n) is 5.72. The number of carbonyl (C=O) groups excluding carboxylic acids is 1. The monoisotopic (exact) mass is 450 g/mol. The molecule has 0 fully saturated rings. The summed E-state index contributed by atoms with van der Waals surface area (Å²) in [6, 6.07) is 22.8. The number of aryl methyl sites for hydroxylation is 1. The highest BCUT2D eigenvalue weighted by Crippen LogP contribution is 2.26. The zero-order valence-electron chi connectivity index (χ0n) is 19.0. The third kappa shape index (κ3) is 5.77. The normalized spacial score (nSPS) is 12.2. The molecule has 0 aliphatic carbocycles. The van der Waals surface area contributed by atoms with Crippen LogP contribution in [0.2, 0.25) is 0 Å². The highest BCUT2D eigenvalue weighted by atomic mass is 32.2. The highest BCUT2D eigenvalue weighted by molar-refractivity contribution is 7.92. The summed E-state index contributed by atoms with van der Waals surface area (Å²) in [6.07, 6.45) is 1.21. The average Bonchev–Trinajstić information content (AvgIpc) is 2.78. The SMILES string of the molecule is Cc1cccc(N(Cc2ccc(C(=O)NC[C@@H](C)c3ccccc3)cc2)S(C)(=O)=O)c1C. The van der Waals surface area contributed by atoms with Crippen LogP contribution < -0.4 is 9.62 Å². The number of carbonyl (C=O) groups is 1. The van der Waals surface area contributed by atoms with Crippen LogP contribution in [-0.4, -0.2) is 27.1 Å². The molecule has 1 amide bonds. The summed E-state index contributed by atoms with van der Waals surface area (Å²) in [7, 11) is -3.47. The van der Waals surface area contributed by atoms with Crippen molar-refractivity contribution in [3.63, 3.8) is 0 Å². The summed E-state index contributed by atoms with van der Waals surface area (Å²) in [5, 5.41) is 2.98. The third-order valence-corrected chi connectivity index (χ3v) is 6.85. The quantitative estimate of drug-likeness (QED) is 0.536. The number of rotatable bonds is 8. The van der Waals surface area contributed by atoms with E-state index in [1.54, 1.807) is 24.3 Å². The van der Waals surface area contributed by atoms with Gasteiger partial charge in [0.25, 0.3) is 5.91 Å². The van der Waals surface area contributed by atoms with Gasteiger partial charge < -0.3 is 5.32 Å². The maximum absolute atomic E-state index is 12.6. The maximum atomic E-state index is 12.6. The van der Waals surface area contributed by atoms with Gasteiger partial charge in [-0.15, -0.1) is 0 Å². The Morgan fingerprint density at radius 1 is 0.938 bits per heavy atom. The molecule has 3 rings (SSSR count). The van der Waals surface area contributed by atoms with Gasteiger partial charge in [0.1, 0.15) is 0 Å². The van der Waals surface area contributed by atoms with E-state index in [9.17, 15) is 13.2 Å². The first-order chi connectivity index (χ1) is 15.2. The van der Waals surface area contributed by atoms with Crippen molar-refractivity contribution >= 4 is 21.6 Å². The fourth-order valence-electron chi connectivity index (χ4n) is 3.56. The molecule has 0 spiro atoms. The van der Waals surface area contributed by atoms with Crippen molar-refractivity contribution in [3.8, 4) is 0 Å². The van der Waals surface area contributed by atoms with Gasteiger partial charge in [-0.25, -0.2) is 8.42 Å². The molecule has 0 aliphatic rings. The molecular formula is C26H30N2O3S. The van der Waals surface area contributed by atoms with Gasteiger partial charge in [0.15, 0.2) is 0 Å². The topological polar surface area (TPSA) is 66.5 Å². The summed E-state index contributed by atoms with van der Waals surface area (Å²) in [6.45, 7) is 6.71. The minimum atomic E-state index is -3.47. The summed E-state index contributed by atoms with van der Waals surface area (Å²) < 4.78 is 26.4. The van der Waals surface area contributed by atoms with Gasteiger partial charge >= 0.3 is 0 Å². The second kappa shape index (κ2) is 10.0. The molecule has 168 valence electrons. The van der Waals surface area contributed by atoms with E-state index in [0.29, 0.717) is 17.8 Å². The van der Waals surface area contributed by atoms with Crippen LogP contribution in [0, 0.1) is 13.8 Å². The van der Waals surface area contributed by atoms with Crippen LogP contribution in [0.1, 0.15) is 45.5 Å². The number of hydrogen-bond acceptors (Lipinski definition) is 3. The first kappa shape index (κ1) is 23.5. The van der Waals surface area contributed by atoms with Crippen LogP contribution >= 0.6 is 0 Å². The fraction of sp³-hybridized carbons (Fsp3) is 0.269. The van der Waals surface area contributed by atoms with E-state index in [1.165, 1.54) is 16.1 Å². The van der Waals surface area contributed by atoms with Gasteiger partial charge in [0.05, 0.1) is 18.5 Å². The van der Waals surface area contributed by atoms with Crippen molar-refractivity contribution in [2.24, 2.45) is 0 Å². The molecular weight excluding hydrogens is 420 g/mol. The van der Waals surface area contributed by atoms with Gasteiger partial charge in [0.2, 0.25) is 10.0 Å². The van der Waals surface area contributed by atoms with Crippen molar-refractivity contribution in [3.05, 3.63) is 101 Å². The first-order valence-corrected chi connectivity index (χ1v) is 12.5. The largest absolute Gasteiger partial charge is 0.351 e. The van der Waals surface area contributed by atoms with E-state index < -0.39 is 10.0 Å². The van der Waals surface area contributed by atoms with Gasteiger partial charge in [-0.2, -0.15) is 0 Å². The molecule has 0 bridgehead atoms. The number of hydrogen-bond donors (Lipinski definition) is 1. The lowest BCUT2D eigenvalue weighted by Crippen LogP contribution is -2.30. The van der Waals surface area contributed by atoms with E-state index in [0.717, 1.165) is 16.7 Å². The molecule has 0 unspecified atom stereocenters. The Labute approximate surface area is 191 Å². The molecule has 0 aliphatic heterocycles. The Morgan fingerprint density at radius 2 is 1.59 bits per heavy atom. The standard InChI is InChI=1S/C26H30N2O3S/c1-19-9-8-12-25(21(19)3)28(32(4,30)31)18-22-13-15-24(16-14-22)26(29)27-17-20(2)23-10-6-5-7-11-23/h5-16,20H,17-18H2,1-4H3,(H,27,29)/t20-/m1/s1. The highest BCUT2D eigenvalue weighted by Gasteiger charge is 2.20. The van der Waals surface area contributed by atoms with E-state index in [2.05, 4.69) is 24.4 Å². The Kier molecular flexibility index (Phi) is 7.36. The molecule has 5 nitrogen and oxygen atoms in total. The second-order valence-electron chi connectivity index (χ2n) is 8.21. The molecule has 3 aromatic rings. The molecule has 0 heterocycles. The summed E-state index contributed by atoms with van der Waals surface area (Å²) in [5.74, 6) is 0.0640. The first-order valence-electron chi connectivity index (χ1n) is 10.6. The Hall–Kier alpha value is -3.12. The van der Waals surface area contributed by atoms with Crippen molar-refractivity contribution in [1.29, 1.82) is 0 Å². The molecule has 1 atom stereocenters. The lowest BCUT2D eigenvalue weighted by atomic mass is 10.0. The van der Waals surface area contributed by atoms with Crippen molar-refractivity contribution < 1.29 is 13.2 Å². The van der Waals surface area contributed by atoms with E-state index in [-0.39, 0.29) is 18.4 Å². The minimum absolute atomic E-state index is 0.145. The van der Waals surface area contributed by atoms with Gasteiger partial charge in [0, 0.05) is 12.1 Å². The van der Waals surface area contributed by atoms with Crippen LogP contribution in [0.5, 0.6) is 0 Å². The number of amides is 1. The molecule has 0 radical (unpaired) electrons. The van der Waals surface area contributed by atoms with Gasteiger partial charge in [-0.3, -0.25) is 9.10 Å². The zero-order valence-corrected chi connectivity index (χ0v) is 19.8.